The van der Waals surface area contributed by atoms with Gasteiger partial charge in [0, 0.05) is 11.3 Å². The number of amides is 1. The lowest BCUT2D eigenvalue weighted by Gasteiger charge is -2.16. The van der Waals surface area contributed by atoms with E-state index in [-0.39, 0.29) is 24.3 Å². The SMILES string of the molecule is CCc1ccc(CCC(=O)NC(CC(=O)OC)c2cccs2)cc1. The van der Waals surface area contributed by atoms with Crippen LogP contribution in [0.3, 0.4) is 0 Å². The monoisotopic (exact) mass is 345 g/mol. The van der Waals surface area contributed by atoms with Gasteiger partial charge in [-0.2, -0.15) is 0 Å². The number of carbonyl (C=O) groups is 2. The van der Waals surface area contributed by atoms with Crippen LogP contribution in [0, 0.1) is 0 Å². The molecule has 1 atom stereocenters. The van der Waals surface area contributed by atoms with Crippen molar-refractivity contribution in [3.05, 3.63) is 57.8 Å². The Morgan fingerprint density at radius 3 is 2.46 bits per heavy atom. The van der Waals surface area contributed by atoms with E-state index in [0.717, 1.165) is 16.9 Å². The van der Waals surface area contributed by atoms with Gasteiger partial charge in [-0.15, -0.1) is 11.3 Å². The molecule has 0 spiro atoms. The predicted octanol–water partition coefficient (Wildman–Crippen LogP) is 3.66. The number of thiophene rings is 1. The van der Waals surface area contributed by atoms with Crippen LogP contribution in [0.5, 0.6) is 0 Å². The zero-order valence-electron chi connectivity index (χ0n) is 14.1. The third-order valence-corrected chi connectivity index (χ3v) is 4.88. The van der Waals surface area contributed by atoms with Crippen LogP contribution in [0.15, 0.2) is 41.8 Å². The maximum absolute atomic E-state index is 12.3. The number of benzene rings is 1. The van der Waals surface area contributed by atoms with E-state index in [2.05, 4.69) is 36.5 Å². The second-order valence-electron chi connectivity index (χ2n) is 5.59. The van der Waals surface area contributed by atoms with Crippen LogP contribution in [-0.4, -0.2) is 19.0 Å². The highest BCUT2D eigenvalue weighted by Crippen LogP contribution is 2.22. The van der Waals surface area contributed by atoms with Crippen molar-refractivity contribution in [2.75, 3.05) is 7.11 Å². The van der Waals surface area contributed by atoms with Crippen LogP contribution in [0.1, 0.15) is 41.8 Å². The summed E-state index contributed by atoms with van der Waals surface area (Å²) in [5, 5.41) is 4.88. The molecule has 24 heavy (non-hydrogen) atoms. The van der Waals surface area contributed by atoms with E-state index < -0.39 is 0 Å². The molecule has 0 fully saturated rings. The predicted molar refractivity (Wildman–Crippen MR) is 96.0 cm³/mol. The molecule has 5 heteroatoms. The van der Waals surface area contributed by atoms with Crippen molar-refractivity contribution >= 4 is 23.2 Å². The van der Waals surface area contributed by atoms with Crippen LogP contribution in [0.4, 0.5) is 0 Å². The summed E-state index contributed by atoms with van der Waals surface area (Å²) in [7, 11) is 1.36. The van der Waals surface area contributed by atoms with Crippen molar-refractivity contribution in [2.24, 2.45) is 0 Å². The van der Waals surface area contributed by atoms with Gasteiger partial charge in [-0.3, -0.25) is 9.59 Å². The van der Waals surface area contributed by atoms with Gasteiger partial charge in [-0.05, 0) is 35.4 Å². The normalized spacial score (nSPS) is 11.8. The van der Waals surface area contributed by atoms with Crippen LogP contribution in [0.25, 0.3) is 0 Å². The Morgan fingerprint density at radius 1 is 1.17 bits per heavy atom. The third kappa shape index (κ3) is 5.49. The zero-order valence-corrected chi connectivity index (χ0v) is 14.9. The largest absolute Gasteiger partial charge is 0.469 e. The van der Waals surface area contributed by atoms with Gasteiger partial charge in [0.2, 0.25) is 5.91 Å². The maximum atomic E-state index is 12.3. The van der Waals surface area contributed by atoms with E-state index in [9.17, 15) is 9.59 Å². The highest BCUT2D eigenvalue weighted by atomic mass is 32.1. The van der Waals surface area contributed by atoms with Gasteiger partial charge < -0.3 is 10.1 Å². The number of methoxy groups -OCH3 is 1. The lowest BCUT2D eigenvalue weighted by Crippen LogP contribution is -2.30. The van der Waals surface area contributed by atoms with E-state index in [1.165, 1.54) is 24.0 Å². The summed E-state index contributed by atoms with van der Waals surface area (Å²) >= 11 is 1.52. The van der Waals surface area contributed by atoms with E-state index in [4.69, 9.17) is 4.74 Å². The minimum absolute atomic E-state index is 0.0585. The Kier molecular flexibility index (Phi) is 7.00. The van der Waals surface area contributed by atoms with Gasteiger partial charge >= 0.3 is 5.97 Å². The van der Waals surface area contributed by atoms with Crippen molar-refractivity contribution in [3.8, 4) is 0 Å². The van der Waals surface area contributed by atoms with E-state index >= 15 is 0 Å². The standard InChI is InChI=1S/C19H23NO3S/c1-3-14-6-8-15(9-7-14)10-11-18(21)20-16(13-19(22)23-2)17-5-4-12-24-17/h4-9,12,16H,3,10-11,13H2,1-2H3,(H,20,21). The lowest BCUT2D eigenvalue weighted by atomic mass is 10.1. The van der Waals surface area contributed by atoms with Gasteiger partial charge in [0.05, 0.1) is 19.6 Å². The lowest BCUT2D eigenvalue weighted by molar-refractivity contribution is -0.141. The molecule has 2 rings (SSSR count). The number of hydrogen-bond acceptors (Lipinski definition) is 4. The summed E-state index contributed by atoms with van der Waals surface area (Å²) in [6, 6.07) is 11.8. The average Bonchev–Trinajstić information content (AvgIpc) is 3.14. The molecule has 1 heterocycles. The first-order chi connectivity index (χ1) is 11.6. The average molecular weight is 345 g/mol. The van der Waals surface area contributed by atoms with E-state index in [1.54, 1.807) is 0 Å². The van der Waals surface area contributed by atoms with Crippen molar-refractivity contribution in [3.63, 3.8) is 0 Å². The minimum atomic E-state index is -0.330. The summed E-state index contributed by atoms with van der Waals surface area (Å²) in [4.78, 5) is 24.8. The quantitative estimate of drug-likeness (QED) is 0.743. The Hall–Kier alpha value is -2.14. The van der Waals surface area contributed by atoms with E-state index in [0.29, 0.717) is 12.8 Å². The van der Waals surface area contributed by atoms with Crippen molar-refractivity contribution in [1.29, 1.82) is 0 Å². The molecule has 0 aliphatic carbocycles. The summed E-state index contributed by atoms with van der Waals surface area (Å²) in [5.74, 6) is -0.388. The molecule has 1 aromatic heterocycles. The molecule has 1 amide bonds. The van der Waals surface area contributed by atoms with Crippen molar-refractivity contribution < 1.29 is 14.3 Å². The van der Waals surface area contributed by atoms with E-state index in [1.807, 2.05) is 17.5 Å². The topological polar surface area (TPSA) is 55.4 Å². The Morgan fingerprint density at radius 2 is 1.88 bits per heavy atom. The molecule has 0 aliphatic rings. The molecule has 1 aromatic carbocycles. The van der Waals surface area contributed by atoms with Crippen LogP contribution in [0.2, 0.25) is 0 Å². The fourth-order valence-electron chi connectivity index (χ4n) is 2.43. The number of esters is 1. The molecular formula is C19H23NO3S. The van der Waals surface area contributed by atoms with Gasteiger partial charge in [-0.1, -0.05) is 37.3 Å². The number of aryl methyl sites for hydroxylation is 2. The summed E-state index contributed by atoms with van der Waals surface area (Å²) < 4.78 is 4.73. The molecule has 0 saturated carbocycles. The van der Waals surface area contributed by atoms with Crippen LogP contribution in [-0.2, 0) is 27.2 Å². The number of hydrogen-bond donors (Lipinski definition) is 1. The molecule has 0 aliphatic heterocycles. The second kappa shape index (κ2) is 9.23. The van der Waals surface area contributed by atoms with Gasteiger partial charge in [-0.25, -0.2) is 0 Å². The highest BCUT2D eigenvalue weighted by molar-refractivity contribution is 7.10. The molecule has 128 valence electrons. The molecular weight excluding hydrogens is 322 g/mol. The summed E-state index contributed by atoms with van der Waals surface area (Å²) in [5.41, 5.74) is 2.43. The highest BCUT2D eigenvalue weighted by Gasteiger charge is 2.19. The molecule has 0 saturated heterocycles. The fraction of sp³-hybridized carbons (Fsp3) is 0.368. The third-order valence-electron chi connectivity index (χ3n) is 3.89. The first-order valence-electron chi connectivity index (χ1n) is 8.09. The number of rotatable bonds is 8. The zero-order chi connectivity index (χ0) is 17.4. The Bertz CT molecular complexity index is 650. The Balaban J connectivity index is 1.90. The molecule has 4 nitrogen and oxygen atoms in total. The number of ether oxygens (including phenoxy) is 1. The minimum Gasteiger partial charge on any atom is -0.469 e. The number of nitrogens with one attached hydrogen (secondary N) is 1. The molecule has 0 bridgehead atoms. The summed E-state index contributed by atoms with van der Waals surface area (Å²) in [6.07, 6.45) is 2.24. The molecule has 0 radical (unpaired) electrons. The van der Waals surface area contributed by atoms with Crippen molar-refractivity contribution in [2.45, 2.75) is 38.6 Å². The fourth-order valence-corrected chi connectivity index (χ4v) is 3.21. The second-order valence-corrected chi connectivity index (χ2v) is 6.57. The molecule has 1 unspecified atom stereocenters. The van der Waals surface area contributed by atoms with Gasteiger partial charge in [0.1, 0.15) is 0 Å². The smallest absolute Gasteiger partial charge is 0.307 e. The first kappa shape index (κ1) is 18.2. The van der Waals surface area contributed by atoms with Gasteiger partial charge in [0.15, 0.2) is 0 Å². The van der Waals surface area contributed by atoms with Crippen LogP contribution >= 0.6 is 11.3 Å². The van der Waals surface area contributed by atoms with Crippen molar-refractivity contribution in [1.82, 2.24) is 5.32 Å². The van der Waals surface area contributed by atoms with Gasteiger partial charge in [0.25, 0.3) is 0 Å². The number of carbonyl (C=O) groups excluding carboxylic acids is 2. The Labute approximate surface area is 146 Å². The first-order valence-corrected chi connectivity index (χ1v) is 8.97. The molecule has 1 N–H and O–H groups in total. The molecule has 2 aromatic rings. The maximum Gasteiger partial charge on any atom is 0.307 e. The summed E-state index contributed by atoms with van der Waals surface area (Å²) in [6.45, 7) is 2.12. The van der Waals surface area contributed by atoms with Crippen LogP contribution < -0.4 is 5.32 Å².